The fourth-order valence-corrected chi connectivity index (χ4v) is 3.66. The van der Waals surface area contributed by atoms with Crippen molar-refractivity contribution in [3.8, 4) is 17.6 Å². The van der Waals surface area contributed by atoms with E-state index in [2.05, 4.69) is 11.1 Å². The molecule has 0 bridgehead atoms. The summed E-state index contributed by atoms with van der Waals surface area (Å²) in [6.07, 6.45) is 5.14. The first kappa shape index (κ1) is 18.7. The van der Waals surface area contributed by atoms with Crippen LogP contribution in [0.4, 0.5) is 0 Å². The molecule has 2 heterocycles. The first-order valence-electron chi connectivity index (χ1n) is 9.74. The molecule has 6 heteroatoms. The van der Waals surface area contributed by atoms with Gasteiger partial charge in [-0.2, -0.15) is 16.1 Å². The summed E-state index contributed by atoms with van der Waals surface area (Å²) >= 11 is 0. The van der Waals surface area contributed by atoms with E-state index >= 15 is 0 Å². The van der Waals surface area contributed by atoms with Crippen LogP contribution in [0.25, 0.3) is 5.70 Å². The van der Waals surface area contributed by atoms with Gasteiger partial charge in [-0.3, -0.25) is 4.99 Å². The molecule has 0 aromatic heterocycles. The normalized spacial score (nSPS) is 19.0. The average Bonchev–Trinajstić information content (AvgIpc) is 3.13. The number of hydrogen-bond acceptors (Lipinski definition) is 5. The highest BCUT2D eigenvalue weighted by Gasteiger charge is 2.44. The van der Waals surface area contributed by atoms with Gasteiger partial charge in [-0.05, 0) is 42.5 Å². The Morgan fingerprint density at radius 2 is 1.58 bits per heavy atom. The van der Waals surface area contributed by atoms with Gasteiger partial charge < -0.3 is 4.74 Å². The average molecular weight is 404 g/mol. The molecule has 3 aromatic rings. The van der Waals surface area contributed by atoms with Gasteiger partial charge in [-0.25, -0.2) is 0 Å². The topological polar surface area (TPSA) is 83.8 Å². The number of para-hydroxylation sites is 1. The van der Waals surface area contributed by atoms with Gasteiger partial charge in [0.25, 0.3) is 5.84 Å². The number of nitrogens with zero attached hydrogens (tertiary/aromatic N) is 4. The van der Waals surface area contributed by atoms with Crippen LogP contribution in [0.15, 0.2) is 107 Å². The molecule has 0 spiro atoms. The van der Waals surface area contributed by atoms with Crippen molar-refractivity contribution in [1.82, 2.24) is 0 Å². The lowest BCUT2D eigenvalue weighted by Gasteiger charge is -2.26. The molecule has 6 nitrogen and oxygen atoms in total. The maximum absolute atomic E-state index is 9.55. The van der Waals surface area contributed by atoms with Crippen LogP contribution in [0.5, 0.6) is 11.5 Å². The van der Waals surface area contributed by atoms with Crippen LogP contribution >= 0.6 is 0 Å². The van der Waals surface area contributed by atoms with E-state index < -0.39 is 0 Å². The molecular formula is C25H18N5O+. The molecule has 5 rings (SSSR count). The Hall–Kier alpha value is -4.31. The molecule has 2 N–H and O–H groups in total. The van der Waals surface area contributed by atoms with E-state index in [1.807, 2.05) is 72.8 Å². The molecule has 1 unspecified atom stereocenters. The van der Waals surface area contributed by atoms with Crippen LogP contribution in [-0.2, 0) is 0 Å². The second kappa shape index (κ2) is 7.50. The minimum atomic E-state index is -0.114. The third-order valence-corrected chi connectivity index (χ3v) is 5.19. The number of nitrogens with two attached hydrogens (primary N) is 1. The summed E-state index contributed by atoms with van der Waals surface area (Å²) in [5.41, 5.74) is 3.48. The van der Waals surface area contributed by atoms with E-state index in [1.165, 1.54) is 0 Å². The number of aliphatic imine (C=N–C) groups is 2. The van der Waals surface area contributed by atoms with Crippen molar-refractivity contribution in [2.45, 2.75) is 0 Å². The Morgan fingerprint density at radius 1 is 0.871 bits per heavy atom. The second-order valence-corrected chi connectivity index (χ2v) is 7.12. The molecule has 2 aliphatic rings. The molecule has 0 saturated heterocycles. The molecular weight excluding hydrogens is 386 g/mol. The predicted molar refractivity (Wildman–Crippen MR) is 120 cm³/mol. The van der Waals surface area contributed by atoms with Crippen molar-refractivity contribution in [2.24, 2.45) is 15.8 Å². The lowest BCUT2D eigenvalue weighted by molar-refractivity contribution is -0.749. The first-order valence-corrected chi connectivity index (χ1v) is 9.74. The number of nitriles is 1. The van der Waals surface area contributed by atoms with E-state index in [-0.39, 0.29) is 4.59 Å². The zero-order chi connectivity index (χ0) is 21.3. The fourth-order valence-electron chi connectivity index (χ4n) is 3.66. The van der Waals surface area contributed by atoms with Crippen molar-refractivity contribution < 1.29 is 9.33 Å². The monoisotopic (exact) mass is 404 g/mol. The van der Waals surface area contributed by atoms with E-state index in [9.17, 15) is 5.26 Å². The Kier molecular flexibility index (Phi) is 4.53. The fraction of sp³-hybridized carbons (Fsp3) is 0. The number of hydrogen-bond donors (Lipinski definition) is 1. The third kappa shape index (κ3) is 3.24. The summed E-state index contributed by atoms with van der Waals surface area (Å²) in [4.78, 5) is 9.13. The van der Waals surface area contributed by atoms with Gasteiger partial charge in [0.2, 0.25) is 5.70 Å². The summed E-state index contributed by atoms with van der Waals surface area (Å²) < 4.78 is 5.78. The van der Waals surface area contributed by atoms with E-state index in [0.29, 0.717) is 22.8 Å². The molecule has 148 valence electrons. The largest absolute Gasteiger partial charge is 0.457 e. The predicted octanol–water partition coefficient (Wildman–Crippen LogP) is 4.73. The molecule has 0 amide bonds. The molecule has 0 radical (unpaired) electrons. The lowest BCUT2D eigenvalue weighted by atomic mass is 10.0. The zero-order valence-electron chi connectivity index (χ0n) is 16.5. The van der Waals surface area contributed by atoms with Crippen LogP contribution in [0.1, 0.15) is 16.7 Å². The van der Waals surface area contributed by atoms with E-state index in [0.717, 1.165) is 22.6 Å². The SMILES string of the molecule is N#Cc1ccccc1C1=C2C=NC=C[N+]2(N)C(c2ccc(Oc3ccccc3)cc2)=N1. The highest BCUT2D eigenvalue weighted by molar-refractivity contribution is 6.07. The Morgan fingerprint density at radius 3 is 2.35 bits per heavy atom. The number of benzene rings is 3. The summed E-state index contributed by atoms with van der Waals surface area (Å²) in [6.45, 7) is 0. The van der Waals surface area contributed by atoms with Crippen LogP contribution in [0, 0.1) is 11.3 Å². The first-order chi connectivity index (χ1) is 15.2. The van der Waals surface area contributed by atoms with E-state index in [4.69, 9.17) is 15.6 Å². The highest BCUT2D eigenvalue weighted by atomic mass is 16.5. The molecule has 1 atom stereocenters. The molecule has 3 aromatic carbocycles. The number of ether oxygens (including phenoxy) is 1. The number of fused-ring (bicyclic) bond motifs is 1. The van der Waals surface area contributed by atoms with Gasteiger partial charge in [0.15, 0.2) is 0 Å². The molecule has 2 aliphatic heterocycles. The second-order valence-electron chi connectivity index (χ2n) is 7.12. The smallest absolute Gasteiger partial charge is 0.265 e. The summed E-state index contributed by atoms with van der Waals surface area (Å²) in [6, 6.07) is 26.8. The van der Waals surface area contributed by atoms with Gasteiger partial charge in [0, 0.05) is 5.56 Å². The number of quaternary nitrogens is 1. The van der Waals surface area contributed by atoms with Gasteiger partial charge in [-0.1, -0.05) is 36.4 Å². The maximum Gasteiger partial charge on any atom is 0.265 e. The van der Waals surface area contributed by atoms with Gasteiger partial charge in [0.1, 0.15) is 23.4 Å². The van der Waals surface area contributed by atoms with Gasteiger partial charge >= 0.3 is 0 Å². The van der Waals surface area contributed by atoms with Crippen molar-refractivity contribution in [3.05, 3.63) is 114 Å². The summed E-state index contributed by atoms with van der Waals surface area (Å²) in [7, 11) is 0. The van der Waals surface area contributed by atoms with Crippen LogP contribution < -0.4 is 10.6 Å². The molecule has 0 fully saturated rings. The Balaban J connectivity index is 1.54. The standard InChI is InChI=1S/C25H18N5O/c26-16-19-6-4-5-9-22(19)24-23-17-28-14-15-30(23,27)25(29-24)18-10-12-21(13-11-18)31-20-7-2-1-3-8-20/h1-15,17H,27H2/q+1. The zero-order valence-corrected chi connectivity index (χ0v) is 16.5. The van der Waals surface area contributed by atoms with Gasteiger partial charge in [0.05, 0.1) is 29.6 Å². The lowest BCUT2D eigenvalue weighted by Crippen LogP contribution is -2.53. The number of amidine groups is 1. The van der Waals surface area contributed by atoms with E-state index in [1.54, 1.807) is 24.7 Å². The van der Waals surface area contributed by atoms with Crippen LogP contribution in [0.2, 0.25) is 0 Å². The summed E-state index contributed by atoms with van der Waals surface area (Å²) in [5.74, 6) is 8.91. The Labute approximate surface area is 179 Å². The van der Waals surface area contributed by atoms with Crippen molar-refractivity contribution in [3.63, 3.8) is 0 Å². The third-order valence-electron chi connectivity index (χ3n) is 5.19. The number of allylic oxidation sites excluding steroid dienone is 1. The quantitative estimate of drug-likeness (QED) is 0.504. The van der Waals surface area contributed by atoms with Crippen molar-refractivity contribution in [2.75, 3.05) is 0 Å². The minimum absolute atomic E-state index is 0.114. The number of rotatable bonds is 4. The van der Waals surface area contributed by atoms with Crippen molar-refractivity contribution in [1.29, 1.82) is 5.26 Å². The van der Waals surface area contributed by atoms with Crippen LogP contribution in [0.3, 0.4) is 0 Å². The Bertz CT molecular complexity index is 1310. The summed E-state index contributed by atoms with van der Waals surface area (Å²) in [5, 5.41) is 9.55. The van der Waals surface area contributed by atoms with Crippen LogP contribution in [-0.4, -0.2) is 16.6 Å². The van der Waals surface area contributed by atoms with Gasteiger partial charge in [-0.15, -0.1) is 4.59 Å². The molecule has 0 aliphatic carbocycles. The molecule has 0 saturated carbocycles. The molecule has 31 heavy (non-hydrogen) atoms. The maximum atomic E-state index is 9.55. The minimum Gasteiger partial charge on any atom is -0.457 e. The van der Waals surface area contributed by atoms with Crippen molar-refractivity contribution >= 4 is 17.7 Å². The highest BCUT2D eigenvalue weighted by Crippen LogP contribution is 2.37.